The third-order valence-electron chi connectivity index (χ3n) is 4.09. The molecule has 1 atom stereocenters. The highest BCUT2D eigenvalue weighted by molar-refractivity contribution is 5.87. The van der Waals surface area contributed by atoms with E-state index in [1.54, 1.807) is 0 Å². The van der Waals surface area contributed by atoms with E-state index < -0.39 is 17.9 Å². The lowest BCUT2D eigenvalue weighted by molar-refractivity contribution is -0.130. The molecule has 138 valence electrons. The number of primary amides is 1. The minimum Gasteiger partial charge on any atom is -0.368 e. The molecule has 6 heteroatoms. The molecule has 0 fully saturated rings. The summed E-state index contributed by atoms with van der Waals surface area (Å²) < 4.78 is 5.39. The van der Waals surface area contributed by atoms with Gasteiger partial charge in [-0.25, -0.2) is 0 Å². The molecule has 2 aromatic carbocycles. The third kappa shape index (κ3) is 5.36. The lowest BCUT2D eigenvalue weighted by Crippen LogP contribution is -2.47. The highest BCUT2D eigenvalue weighted by Gasteiger charge is 2.19. The monoisotopic (exact) mass is 363 g/mol. The van der Waals surface area contributed by atoms with Crippen LogP contribution in [0.25, 0.3) is 10.9 Å². The number of fused-ring (bicyclic) bond motifs is 1. The molecule has 3 aromatic rings. The SMILES string of the molecule is NC(=O)[C@H](Cc1ccc2ccccc2n1)NC(=O)COCc1ccccc1. The fourth-order valence-electron chi connectivity index (χ4n) is 2.73. The summed E-state index contributed by atoms with van der Waals surface area (Å²) in [4.78, 5) is 28.3. The molecule has 0 unspecified atom stereocenters. The topological polar surface area (TPSA) is 94.3 Å². The molecule has 0 aliphatic heterocycles. The van der Waals surface area contributed by atoms with Gasteiger partial charge in [0.1, 0.15) is 12.6 Å². The van der Waals surface area contributed by atoms with Crippen LogP contribution >= 0.6 is 0 Å². The largest absolute Gasteiger partial charge is 0.368 e. The number of nitrogens with two attached hydrogens (primary N) is 1. The predicted molar refractivity (Wildman–Crippen MR) is 103 cm³/mol. The van der Waals surface area contributed by atoms with Crippen molar-refractivity contribution in [3.05, 3.63) is 78.0 Å². The van der Waals surface area contributed by atoms with Crippen molar-refractivity contribution in [1.29, 1.82) is 0 Å². The Morgan fingerprint density at radius 1 is 1.00 bits per heavy atom. The Morgan fingerprint density at radius 3 is 2.52 bits per heavy atom. The van der Waals surface area contributed by atoms with Crippen LogP contribution in [0.15, 0.2) is 66.7 Å². The van der Waals surface area contributed by atoms with Crippen molar-refractivity contribution in [2.24, 2.45) is 5.73 Å². The molecule has 0 radical (unpaired) electrons. The number of hydrogen-bond donors (Lipinski definition) is 2. The summed E-state index contributed by atoms with van der Waals surface area (Å²) >= 11 is 0. The molecule has 1 aromatic heterocycles. The number of carbonyl (C=O) groups is 2. The first-order valence-electron chi connectivity index (χ1n) is 8.67. The van der Waals surface area contributed by atoms with Crippen LogP contribution in [0.4, 0.5) is 0 Å². The number of nitrogens with one attached hydrogen (secondary N) is 1. The summed E-state index contributed by atoms with van der Waals surface area (Å²) in [5.41, 5.74) is 7.93. The van der Waals surface area contributed by atoms with Crippen LogP contribution < -0.4 is 11.1 Å². The summed E-state index contributed by atoms with van der Waals surface area (Å²) in [6.07, 6.45) is 0.227. The maximum atomic E-state index is 12.1. The van der Waals surface area contributed by atoms with E-state index in [0.717, 1.165) is 16.5 Å². The standard InChI is InChI=1S/C21H21N3O3/c22-21(26)19(12-17-11-10-16-8-4-5-9-18(16)23-17)24-20(25)14-27-13-15-6-2-1-3-7-15/h1-11,19H,12-14H2,(H2,22,26)(H,24,25)/t19-/m0/s1. The average molecular weight is 363 g/mol. The van der Waals surface area contributed by atoms with Crippen molar-refractivity contribution in [2.75, 3.05) is 6.61 Å². The fourth-order valence-corrected chi connectivity index (χ4v) is 2.73. The van der Waals surface area contributed by atoms with Crippen LogP contribution in [0.2, 0.25) is 0 Å². The minimum absolute atomic E-state index is 0.149. The molecule has 0 saturated carbocycles. The molecule has 0 aliphatic rings. The fraction of sp³-hybridized carbons (Fsp3) is 0.190. The van der Waals surface area contributed by atoms with Gasteiger partial charge in [0.25, 0.3) is 0 Å². The molecule has 1 heterocycles. The third-order valence-corrected chi connectivity index (χ3v) is 4.09. The number of aromatic nitrogens is 1. The second kappa shape index (κ2) is 8.91. The van der Waals surface area contributed by atoms with E-state index in [1.807, 2.05) is 66.7 Å². The lowest BCUT2D eigenvalue weighted by atomic mass is 10.1. The molecule has 0 bridgehead atoms. The Labute approximate surface area is 157 Å². The minimum atomic E-state index is -0.841. The van der Waals surface area contributed by atoms with Gasteiger partial charge in [0, 0.05) is 17.5 Å². The Bertz CT molecular complexity index is 928. The highest BCUT2D eigenvalue weighted by atomic mass is 16.5. The Hall–Kier alpha value is -3.25. The van der Waals surface area contributed by atoms with Gasteiger partial charge in [0.15, 0.2) is 0 Å². The van der Waals surface area contributed by atoms with E-state index >= 15 is 0 Å². The number of rotatable bonds is 8. The number of para-hydroxylation sites is 1. The van der Waals surface area contributed by atoms with Gasteiger partial charge >= 0.3 is 0 Å². The first-order valence-corrected chi connectivity index (χ1v) is 8.67. The number of hydrogen-bond acceptors (Lipinski definition) is 4. The molecular formula is C21H21N3O3. The molecule has 0 aliphatic carbocycles. The number of amides is 2. The second-order valence-corrected chi connectivity index (χ2v) is 6.20. The molecule has 3 rings (SSSR count). The predicted octanol–water partition coefficient (Wildman–Crippen LogP) is 1.96. The zero-order valence-electron chi connectivity index (χ0n) is 14.8. The van der Waals surface area contributed by atoms with Crippen molar-refractivity contribution in [3.63, 3.8) is 0 Å². The van der Waals surface area contributed by atoms with Crippen LogP contribution in [0.3, 0.4) is 0 Å². The van der Waals surface area contributed by atoms with Crippen molar-refractivity contribution < 1.29 is 14.3 Å². The smallest absolute Gasteiger partial charge is 0.246 e. The maximum Gasteiger partial charge on any atom is 0.246 e. The van der Waals surface area contributed by atoms with E-state index in [-0.39, 0.29) is 13.0 Å². The van der Waals surface area contributed by atoms with Crippen LogP contribution in [0.1, 0.15) is 11.3 Å². The van der Waals surface area contributed by atoms with Gasteiger partial charge in [-0.2, -0.15) is 0 Å². The summed E-state index contributed by atoms with van der Waals surface area (Å²) in [6, 6.07) is 20.2. The van der Waals surface area contributed by atoms with E-state index in [2.05, 4.69) is 10.3 Å². The Balaban J connectivity index is 1.56. The van der Waals surface area contributed by atoms with E-state index in [9.17, 15) is 9.59 Å². The highest BCUT2D eigenvalue weighted by Crippen LogP contribution is 2.13. The van der Waals surface area contributed by atoms with E-state index in [4.69, 9.17) is 10.5 Å². The summed E-state index contributed by atoms with van der Waals surface area (Å²) in [6.45, 7) is 0.172. The van der Waals surface area contributed by atoms with Crippen molar-refractivity contribution in [1.82, 2.24) is 10.3 Å². The van der Waals surface area contributed by atoms with Crippen LogP contribution in [-0.4, -0.2) is 29.4 Å². The van der Waals surface area contributed by atoms with E-state index in [1.165, 1.54) is 0 Å². The van der Waals surface area contributed by atoms with Crippen LogP contribution in [0.5, 0.6) is 0 Å². The van der Waals surface area contributed by atoms with Crippen molar-refractivity contribution in [2.45, 2.75) is 19.1 Å². The zero-order valence-corrected chi connectivity index (χ0v) is 14.8. The molecule has 2 amide bonds. The molecule has 0 saturated heterocycles. The number of benzene rings is 2. The summed E-state index contributed by atoms with van der Waals surface area (Å²) in [5.74, 6) is -1.00. The van der Waals surface area contributed by atoms with Gasteiger partial charge in [-0.1, -0.05) is 54.6 Å². The Morgan fingerprint density at radius 2 is 1.74 bits per heavy atom. The second-order valence-electron chi connectivity index (χ2n) is 6.20. The number of nitrogens with zero attached hydrogens (tertiary/aromatic N) is 1. The average Bonchev–Trinajstić information content (AvgIpc) is 2.68. The molecule has 27 heavy (non-hydrogen) atoms. The first-order chi connectivity index (χ1) is 13.1. The summed E-state index contributed by atoms with van der Waals surface area (Å²) in [5, 5.41) is 3.63. The Kier molecular flexibility index (Phi) is 6.12. The number of pyridine rings is 1. The number of ether oxygens (including phenoxy) is 1. The van der Waals surface area contributed by atoms with Crippen molar-refractivity contribution in [3.8, 4) is 0 Å². The van der Waals surface area contributed by atoms with Gasteiger partial charge in [-0.15, -0.1) is 0 Å². The summed E-state index contributed by atoms with van der Waals surface area (Å²) in [7, 11) is 0. The molecular weight excluding hydrogens is 342 g/mol. The normalized spacial score (nSPS) is 11.9. The van der Waals surface area contributed by atoms with Crippen LogP contribution in [-0.2, 0) is 27.4 Å². The van der Waals surface area contributed by atoms with Crippen molar-refractivity contribution >= 4 is 22.7 Å². The quantitative estimate of drug-likeness (QED) is 0.640. The van der Waals surface area contributed by atoms with Gasteiger partial charge in [-0.05, 0) is 17.7 Å². The zero-order chi connectivity index (χ0) is 19.1. The number of carbonyl (C=O) groups excluding carboxylic acids is 2. The van der Waals surface area contributed by atoms with Gasteiger partial charge in [-0.3, -0.25) is 14.6 Å². The molecule has 0 spiro atoms. The maximum absolute atomic E-state index is 12.1. The first kappa shape index (κ1) is 18.5. The molecule has 3 N–H and O–H groups in total. The lowest BCUT2D eigenvalue weighted by Gasteiger charge is -2.15. The molecule has 6 nitrogen and oxygen atoms in total. The van der Waals surface area contributed by atoms with Crippen LogP contribution in [0, 0.1) is 0 Å². The van der Waals surface area contributed by atoms with E-state index in [0.29, 0.717) is 12.3 Å². The van der Waals surface area contributed by atoms with Gasteiger partial charge < -0.3 is 15.8 Å². The van der Waals surface area contributed by atoms with Gasteiger partial charge in [0.05, 0.1) is 12.1 Å². The van der Waals surface area contributed by atoms with Gasteiger partial charge in [0.2, 0.25) is 11.8 Å².